The molecule has 100 valence electrons. The lowest BCUT2D eigenvalue weighted by molar-refractivity contribution is 0.582. The van der Waals surface area contributed by atoms with Gasteiger partial charge in [0.2, 0.25) is 10.0 Å². The van der Waals surface area contributed by atoms with Crippen LogP contribution in [-0.4, -0.2) is 8.42 Å². The van der Waals surface area contributed by atoms with Gasteiger partial charge in [0.1, 0.15) is 5.25 Å². The number of rotatable bonds is 4. The molecule has 0 aliphatic heterocycles. The Morgan fingerprint density at radius 3 is 2.32 bits per heavy atom. The molecule has 19 heavy (non-hydrogen) atoms. The summed E-state index contributed by atoms with van der Waals surface area (Å²) in [5.74, 6) is 0. The Morgan fingerprint density at radius 1 is 1.05 bits per heavy atom. The third-order valence-electron chi connectivity index (χ3n) is 2.88. The van der Waals surface area contributed by atoms with Crippen LogP contribution in [0.5, 0.6) is 0 Å². The second-order valence-corrected chi connectivity index (χ2v) is 6.99. The molecule has 0 bridgehead atoms. The van der Waals surface area contributed by atoms with E-state index in [0.717, 1.165) is 10.0 Å². The van der Waals surface area contributed by atoms with E-state index in [1.807, 2.05) is 42.5 Å². The molecule has 3 nitrogen and oxygen atoms in total. The van der Waals surface area contributed by atoms with Gasteiger partial charge < -0.3 is 0 Å². The molecule has 2 aromatic carbocycles. The van der Waals surface area contributed by atoms with Crippen LogP contribution < -0.4 is 5.14 Å². The van der Waals surface area contributed by atoms with Gasteiger partial charge in [0.15, 0.2) is 0 Å². The highest BCUT2D eigenvalue weighted by molar-refractivity contribution is 9.10. The van der Waals surface area contributed by atoms with E-state index >= 15 is 0 Å². The summed E-state index contributed by atoms with van der Waals surface area (Å²) in [6.45, 7) is 0. The number of nitrogens with two attached hydrogens (primary N) is 1. The molecule has 0 saturated heterocycles. The van der Waals surface area contributed by atoms with E-state index < -0.39 is 15.3 Å². The monoisotopic (exact) mass is 339 g/mol. The highest BCUT2D eigenvalue weighted by atomic mass is 79.9. The SMILES string of the molecule is NS(=O)(=O)C(Cc1ccccc1)c1cccc(Br)c1. The minimum atomic E-state index is -3.65. The number of hydrogen-bond donors (Lipinski definition) is 1. The summed E-state index contributed by atoms with van der Waals surface area (Å²) in [4.78, 5) is 0. The van der Waals surface area contributed by atoms with Crippen LogP contribution in [0.15, 0.2) is 59.1 Å². The molecule has 0 aromatic heterocycles. The van der Waals surface area contributed by atoms with Crippen molar-refractivity contribution in [1.29, 1.82) is 0 Å². The van der Waals surface area contributed by atoms with Crippen LogP contribution in [0.1, 0.15) is 16.4 Å². The summed E-state index contributed by atoms with van der Waals surface area (Å²) in [5.41, 5.74) is 1.64. The van der Waals surface area contributed by atoms with Crippen LogP contribution in [0.2, 0.25) is 0 Å². The zero-order chi connectivity index (χ0) is 13.9. The van der Waals surface area contributed by atoms with Crippen LogP contribution in [-0.2, 0) is 16.4 Å². The van der Waals surface area contributed by atoms with Gasteiger partial charge in [0.05, 0.1) is 0 Å². The summed E-state index contributed by atoms with van der Waals surface area (Å²) < 4.78 is 24.5. The predicted molar refractivity (Wildman–Crippen MR) is 80.1 cm³/mol. The maximum Gasteiger partial charge on any atom is 0.216 e. The van der Waals surface area contributed by atoms with Crippen molar-refractivity contribution in [3.05, 3.63) is 70.2 Å². The molecule has 0 saturated carbocycles. The molecule has 0 aliphatic carbocycles. The van der Waals surface area contributed by atoms with E-state index in [4.69, 9.17) is 5.14 Å². The fourth-order valence-corrected chi connectivity index (χ4v) is 3.33. The average Bonchev–Trinajstić information content (AvgIpc) is 2.36. The average molecular weight is 340 g/mol. The summed E-state index contributed by atoms with van der Waals surface area (Å²) in [6.07, 6.45) is 0.371. The molecular formula is C14H14BrNO2S. The Bertz CT molecular complexity index is 656. The van der Waals surface area contributed by atoms with Gasteiger partial charge in [-0.3, -0.25) is 0 Å². The van der Waals surface area contributed by atoms with Crippen molar-refractivity contribution in [3.63, 3.8) is 0 Å². The molecule has 0 fully saturated rings. The Hall–Kier alpha value is -1.17. The number of halogens is 1. The first-order valence-electron chi connectivity index (χ1n) is 5.78. The van der Waals surface area contributed by atoms with E-state index in [1.54, 1.807) is 12.1 Å². The Balaban J connectivity index is 2.38. The summed E-state index contributed by atoms with van der Waals surface area (Å²) in [6, 6.07) is 16.7. The van der Waals surface area contributed by atoms with E-state index in [0.29, 0.717) is 12.0 Å². The van der Waals surface area contributed by atoms with E-state index in [-0.39, 0.29) is 0 Å². The summed E-state index contributed by atoms with van der Waals surface area (Å²) in [7, 11) is -3.65. The minimum absolute atomic E-state index is 0.371. The highest BCUT2D eigenvalue weighted by Crippen LogP contribution is 2.27. The molecule has 1 unspecified atom stereocenters. The Kier molecular flexibility index (Phi) is 4.39. The van der Waals surface area contributed by atoms with Gasteiger partial charge in [0, 0.05) is 4.47 Å². The van der Waals surface area contributed by atoms with Gasteiger partial charge in [0.25, 0.3) is 0 Å². The van der Waals surface area contributed by atoms with Crippen LogP contribution >= 0.6 is 15.9 Å². The van der Waals surface area contributed by atoms with Crippen LogP contribution in [0.4, 0.5) is 0 Å². The molecular weight excluding hydrogens is 326 g/mol. The lowest BCUT2D eigenvalue weighted by Crippen LogP contribution is -2.23. The minimum Gasteiger partial charge on any atom is -0.228 e. The maximum atomic E-state index is 11.8. The quantitative estimate of drug-likeness (QED) is 0.930. The maximum absolute atomic E-state index is 11.8. The van der Waals surface area contributed by atoms with E-state index in [2.05, 4.69) is 15.9 Å². The second kappa shape index (κ2) is 5.86. The van der Waals surface area contributed by atoms with Crippen molar-refractivity contribution in [3.8, 4) is 0 Å². The standard InChI is InChI=1S/C14H14BrNO2S/c15-13-8-4-7-12(10-13)14(19(16,17)18)9-11-5-2-1-3-6-11/h1-8,10,14H,9H2,(H2,16,17,18). The van der Waals surface area contributed by atoms with Crippen LogP contribution in [0, 0.1) is 0 Å². The Labute approximate surface area is 121 Å². The van der Waals surface area contributed by atoms with Crippen molar-refractivity contribution in [2.24, 2.45) is 5.14 Å². The van der Waals surface area contributed by atoms with Crippen molar-refractivity contribution >= 4 is 26.0 Å². The molecule has 0 heterocycles. The fourth-order valence-electron chi connectivity index (χ4n) is 1.96. The molecule has 2 N–H and O–H groups in total. The van der Waals surface area contributed by atoms with Crippen molar-refractivity contribution < 1.29 is 8.42 Å². The predicted octanol–water partition coefficient (Wildman–Crippen LogP) is 3.02. The molecule has 0 spiro atoms. The van der Waals surface area contributed by atoms with Gasteiger partial charge in [-0.1, -0.05) is 58.4 Å². The first-order valence-corrected chi connectivity index (χ1v) is 8.18. The van der Waals surface area contributed by atoms with Crippen molar-refractivity contribution in [1.82, 2.24) is 0 Å². The lowest BCUT2D eigenvalue weighted by Gasteiger charge is -2.15. The first-order chi connectivity index (χ1) is 8.97. The third kappa shape index (κ3) is 3.89. The third-order valence-corrected chi connectivity index (χ3v) is 4.61. The highest BCUT2D eigenvalue weighted by Gasteiger charge is 2.24. The zero-order valence-electron chi connectivity index (χ0n) is 10.2. The topological polar surface area (TPSA) is 60.2 Å². The Morgan fingerprint density at radius 2 is 1.74 bits per heavy atom. The van der Waals surface area contributed by atoms with Gasteiger partial charge in [-0.15, -0.1) is 0 Å². The number of hydrogen-bond acceptors (Lipinski definition) is 2. The van der Waals surface area contributed by atoms with Crippen molar-refractivity contribution in [2.45, 2.75) is 11.7 Å². The fraction of sp³-hybridized carbons (Fsp3) is 0.143. The number of benzene rings is 2. The first kappa shape index (κ1) is 14.2. The van der Waals surface area contributed by atoms with E-state index in [9.17, 15) is 8.42 Å². The molecule has 0 radical (unpaired) electrons. The second-order valence-electron chi connectivity index (χ2n) is 4.32. The molecule has 2 rings (SSSR count). The van der Waals surface area contributed by atoms with Crippen molar-refractivity contribution in [2.75, 3.05) is 0 Å². The van der Waals surface area contributed by atoms with Crippen LogP contribution in [0.25, 0.3) is 0 Å². The molecule has 0 amide bonds. The smallest absolute Gasteiger partial charge is 0.216 e. The lowest BCUT2D eigenvalue weighted by atomic mass is 10.0. The number of sulfonamides is 1. The molecule has 0 aliphatic rings. The van der Waals surface area contributed by atoms with Gasteiger partial charge in [-0.2, -0.15) is 0 Å². The molecule has 2 aromatic rings. The van der Waals surface area contributed by atoms with Gasteiger partial charge in [-0.25, -0.2) is 13.6 Å². The molecule has 5 heteroatoms. The van der Waals surface area contributed by atoms with Gasteiger partial charge >= 0.3 is 0 Å². The zero-order valence-corrected chi connectivity index (χ0v) is 12.6. The normalized spacial score (nSPS) is 13.2. The van der Waals surface area contributed by atoms with E-state index in [1.165, 1.54) is 0 Å². The van der Waals surface area contributed by atoms with Crippen LogP contribution in [0.3, 0.4) is 0 Å². The summed E-state index contributed by atoms with van der Waals surface area (Å²) in [5, 5.41) is 4.64. The largest absolute Gasteiger partial charge is 0.228 e. The summed E-state index contributed by atoms with van der Waals surface area (Å²) >= 11 is 3.35. The number of primary sulfonamides is 1. The van der Waals surface area contributed by atoms with Gasteiger partial charge in [-0.05, 0) is 29.7 Å². The molecule has 1 atom stereocenters.